The summed E-state index contributed by atoms with van der Waals surface area (Å²) in [4.78, 5) is 13.7. The van der Waals surface area contributed by atoms with E-state index >= 15 is 0 Å². The number of aromatic nitrogens is 2. The molecule has 128 valence electrons. The topological polar surface area (TPSA) is 41.5 Å². The lowest BCUT2D eigenvalue weighted by Gasteiger charge is -2.34. The zero-order valence-electron chi connectivity index (χ0n) is 14.4. The second-order valence-electron chi connectivity index (χ2n) is 6.14. The summed E-state index contributed by atoms with van der Waals surface area (Å²) >= 11 is 0. The number of benzene rings is 1. The first-order valence-corrected chi connectivity index (χ1v) is 8.76. The van der Waals surface area contributed by atoms with E-state index in [1.54, 1.807) is 0 Å². The molecule has 0 atom stereocenters. The molecule has 5 heteroatoms. The molecule has 0 amide bonds. The molecule has 2 heterocycles. The number of rotatable bonds is 7. The Balaban J connectivity index is 1.36. The minimum Gasteiger partial charge on any atom is -0.492 e. The van der Waals surface area contributed by atoms with Crippen molar-refractivity contribution in [3.05, 3.63) is 54.1 Å². The monoisotopic (exact) mass is 326 g/mol. The van der Waals surface area contributed by atoms with E-state index in [0.717, 1.165) is 63.9 Å². The Kier molecular flexibility index (Phi) is 6.15. The van der Waals surface area contributed by atoms with Gasteiger partial charge in [-0.15, -0.1) is 0 Å². The first kappa shape index (κ1) is 16.9. The molecule has 1 aliphatic rings. The molecule has 0 aliphatic carbocycles. The fraction of sp³-hybridized carbons (Fsp3) is 0.474. The van der Waals surface area contributed by atoms with Crippen molar-refractivity contribution in [2.45, 2.75) is 19.9 Å². The number of piperazine rings is 1. The largest absolute Gasteiger partial charge is 0.492 e. The maximum atomic E-state index is 5.78. The highest BCUT2D eigenvalue weighted by molar-refractivity contribution is 5.20. The van der Waals surface area contributed by atoms with E-state index in [4.69, 9.17) is 4.74 Å². The fourth-order valence-electron chi connectivity index (χ4n) is 2.88. The zero-order valence-corrected chi connectivity index (χ0v) is 14.4. The van der Waals surface area contributed by atoms with Crippen molar-refractivity contribution in [1.82, 2.24) is 19.8 Å². The Morgan fingerprint density at radius 1 is 0.958 bits per heavy atom. The normalized spacial score (nSPS) is 16.2. The van der Waals surface area contributed by atoms with Crippen LogP contribution in [0.1, 0.15) is 18.3 Å². The van der Waals surface area contributed by atoms with Crippen LogP contribution in [0.3, 0.4) is 0 Å². The van der Waals surface area contributed by atoms with Crippen LogP contribution in [0.4, 0.5) is 0 Å². The Morgan fingerprint density at radius 3 is 2.29 bits per heavy atom. The molecule has 0 N–H and O–H groups in total. The first-order chi connectivity index (χ1) is 11.8. The molecule has 0 spiro atoms. The molecular weight excluding hydrogens is 300 g/mol. The smallest absolute Gasteiger partial charge is 0.127 e. The number of ether oxygens (including phenoxy) is 1. The average molecular weight is 326 g/mol. The van der Waals surface area contributed by atoms with Crippen LogP contribution in [0.15, 0.2) is 42.7 Å². The van der Waals surface area contributed by atoms with E-state index in [1.165, 1.54) is 5.56 Å². The predicted molar refractivity (Wildman–Crippen MR) is 95.1 cm³/mol. The van der Waals surface area contributed by atoms with Crippen molar-refractivity contribution in [1.29, 1.82) is 0 Å². The summed E-state index contributed by atoms with van der Waals surface area (Å²) in [6, 6.07) is 10.0. The van der Waals surface area contributed by atoms with E-state index in [-0.39, 0.29) is 0 Å². The molecule has 1 aromatic heterocycles. The highest BCUT2D eigenvalue weighted by Gasteiger charge is 2.17. The average Bonchev–Trinajstić information content (AvgIpc) is 2.65. The summed E-state index contributed by atoms with van der Waals surface area (Å²) in [6.07, 6.45) is 4.82. The lowest BCUT2D eigenvalue weighted by molar-refractivity contribution is 0.112. The molecule has 0 saturated carbocycles. The molecule has 3 rings (SSSR count). The van der Waals surface area contributed by atoms with Gasteiger partial charge in [0.2, 0.25) is 0 Å². The van der Waals surface area contributed by atoms with Crippen LogP contribution in [0.2, 0.25) is 0 Å². The maximum Gasteiger partial charge on any atom is 0.127 e. The number of hydrogen-bond acceptors (Lipinski definition) is 5. The van der Waals surface area contributed by atoms with Crippen molar-refractivity contribution in [3.63, 3.8) is 0 Å². The molecule has 1 saturated heterocycles. The van der Waals surface area contributed by atoms with E-state index in [2.05, 4.69) is 26.7 Å². The highest BCUT2D eigenvalue weighted by atomic mass is 16.5. The number of aryl methyl sites for hydroxylation is 1. The van der Waals surface area contributed by atoms with Crippen LogP contribution in [0.25, 0.3) is 0 Å². The van der Waals surface area contributed by atoms with Crippen molar-refractivity contribution in [2.24, 2.45) is 0 Å². The molecular formula is C19H26N4O. The number of hydrogen-bond donors (Lipinski definition) is 0. The third kappa shape index (κ3) is 5.01. The van der Waals surface area contributed by atoms with Gasteiger partial charge in [0.05, 0.1) is 0 Å². The summed E-state index contributed by atoms with van der Waals surface area (Å²) in [6.45, 7) is 9.10. The summed E-state index contributed by atoms with van der Waals surface area (Å²) < 4.78 is 5.78. The minimum atomic E-state index is 0.746. The van der Waals surface area contributed by atoms with Crippen molar-refractivity contribution < 1.29 is 4.74 Å². The SMILES string of the molecule is CCc1ncc(CN2CCN(CCOc3ccccc3)CC2)cn1. The predicted octanol–water partition coefficient (Wildman–Crippen LogP) is 2.24. The maximum absolute atomic E-state index is 5.78. The summed E-state index contributed by atoms with van der Waals surface area (Å²) in [5.41, 5.74) is 1.20. The third-order valence-corrected chi connectivity index (χ3v) is 4.37. The van der Waals surface area contributed by atoms with Crippen LogP contribution in [-0.4, -0.2) is 59.1 Å². The molecule has 5 nitrogen and oxygen atoms in total. The van der Waals surface area contributed by atoms with Gasteiger partial charge in [0.15, 0.2) is 0 Å². The highest BCUT2D eigenvalue weighted by Crippen LogP contribution is 2.10. The van der Waals surface area contributed by atoms with E-state index < -0.39 is 0 Å². The number of para-hydroxylation sites is 1. The van der Waals surface area contributed by atoms with Crippen molar-refractivity contribution in [2.75, 3.05) is 39.3 Å². The molecule has 24 heavy (non-hydrogen) atoms. The standard InChI is InChI=1S/C19H26N4O/c1-2-19-20-14-17(15-21-19)16-23-10-8-22(9-11-23)12-13-24-18-6-4-3-5-7-18/h3-7,14-15H,2,8-13,16H2,1H3. The van der Waals surface area contributed by atoms with Crippen LogP contribution < -0.4 is 4.74 Å². The van der Waals surface area contributed by atoms with Crippen LogP contribution in [-0.2, 0) is 13.0 Å². The van der Waals surface area contributed by atoms with Crippen molar-refractivity contribution in [3.8, 4) is 5.75 Å². The van der Waals surface area contributed by atoms with Gasteiger partial charge in [-0.25, -0.2) is 9.97 Å². The fourth-order valence-corrected chi connectivity index (χ4v) is 2.88. The zero-order chi connectivity index (χ0) is 16.6. The van der Waals surface area contributed by atoms with Crippen LogP contribution in [0.5, 0.6) is 5.75 Å². The minimum absolute atomic E-state index is 0.746. The van der Waals surface area contributed by atoms with Gasteiger partial charge in [0, 0.05) is 63.6 Å². The Hall–Kier alpha value is -1.98. The quantitative estimate of drug-likeness (QED) is 0.780. The molecule has 1 aliphatic heterocycles. The second kappa shape index (κ2) is 8.76. The van der Waals surface area contributed by atoms with Gasteiger partial charge in [0.25, 0.3) is 0 Å². The molecule has 2 aromatic rings. The molecule has 0 bridgehead atoms. The molecule has 1 aromatic carbocycles. The lowest BCUT2D eigenvalue weighted by Crippen LogP contribution is -2.47. The van der Waals surface area contributed by atoms with E-state index in [1.807, 2.05) is 42.7 Å². The molecule has 0 unspecified atom stereocenters. The third-order valence-electron chi connectivity index (χ3n) is 4.37. The van der Waals surface area contributed by atoms with Crippen LogP contribution >= 0.6 is 0 Å². The van der Waals surface area contributed by atoms with Gasteiger partial charge < -0.3 is 4.74 Å². The van der Waals surface area contributed by atoms with Gasteiger partial charge in [-0.3, -0.25) is 9.80 Å². The van der Waals surface area contributed by atoms with Crippen LogP contribution in [0, 0.1) is 0 Å². The van der Waals surface area contributed by atoms with E-state index in [0.29, 0.717) is 0 Å². The van der Waals surface area contributed by atoms with Gasteiger partial charge in [-0.05, 0) is 12.1 Å². The number of nitrogens with zero attached hydrogens (tertiary/aromatic N) is 4. The summed E-state index contributed by atoms with van der Waals surface area (Å²) in [5, 5.41) is 0. The van der Waals surface area contributed by atoms with Gasteiger partial charge >= 0.3 is 0 Å². The Bertz CT molecular complexity index is 595. The van der Waals surface area contributed by atoms with Crippen molar-refractivity contribution >= 4 is 0 Å². The van der Waals surface area contributed by atoms with Gasteiger partial charge in [0.1, 0.15) is 18.2 Å². The van der Waals surface area contributed by atoms with E-state index in [9.17, 15) is 0 Å². The molecule has 1 fully saturated rings. The first-order valence-electron chi connectivity index (χ1n) is 8.76. The Morgan fingerprint density at radius 2 is 1.62 bits per heavy atom. The lowest BCUT2D eigenvalue weighted by atomic mass is 10.2. The van der Waals surface area contributed by atoms with Gasteiger partial charge in [-0.2, -0.15) is 0 Å². The summed E-state index contributed by atoms with van der Waals surface area (Å²) in [5.74, 6) is 1.87. The molecule has 0 radical (unpaired) electrons. The van der Waals surface area contributed by atoms with Gasteiger partial charge in [-0.1, -0.05) is 25.1 Å². The second-order valence-corrected chi connectivity index (χ2v) is 6.14. The summed E-state index contributed by atoms with van der Waals surface area (Å²) in [7, 11) is 0. The Labute approximate surface area is 144 Å².